The first-order valence-corrected chi connectivity index (χ1v) is 7.30. The van der Waals surface area contributed by atoms with Crippen molar-refractivity contribution in [1.29, 1.82) is 0 Å². The number of ether oxygens (including phenoxy) is 1. The van der Waals surface area contributed by atoms with Gasteiger partial charge in [0, 0.05) is 17.6 Å². The zero-order chi connectivity index (χ0) is 12.7. The summed E-state index contributed by atoms with van der Waals surface area (Å²) in [6, 6.07) is 6.11. The highest BCUT2D eigenvalue weighted by Crippen LogP contribution is 2.34. The molecule has 1 aromatic carbocycles. The summed E-state index contributed by atoms with van der Waals surface area (Å²) in [6.45, 7) is 3.74. The Kier molecular flexibility index (Phi) is 3.34. The number of halogens is 1. The molecule has 3 atom stereocenters. The van der Waals surface area contributed by atoms with Crippen LogP contribution in [0.25, 0.3) is 0 Å². The molecule has 1 aromatic rings. The minimum atomic E-state index is -0.420. The molecule has 2 fully saturated rings. The van der Waals surface area contributed by atoms with E-state index in [0.717, 1.165) is 23.1 Å². The third kappa shape index (κ3) is 2.29. The van der Waals surface area contributed by atoms with E-state index in [0.29, 0.717) is 12.2 Å². The monoisotopic (exact) mass is 311 g/mol. The van der Waals surface area contributed by atoms with Crippen molar-refractivity contribution in [1.82, 2.24) is 0 Å². The van der Waals surface area contributed by atoms with Crippen molar-refractivity contribution in [3.63, 3.8) is 0 Å². The average molecular weight is 312 g/mol. The quantitative estimate of drug-likeness (QED) is 0.911. The molecule has 0 aliphatic carbocycles. The lowest BCUT2D eigenvalue weighted by Crippen LogP contribution is -2.42. The SMILES string of the molecule is C[C@H](O)c1ccc(N2CC3CCC(C2)O3)c(Br)c1. The number of morpholine rings is 1. The molecule has 0 radical (unpaired) electrons. The number of hydrogen-bond acceptors (Lipinski definition) is 3. The van der Waals surface area contributed by atoms with E-state index in [-0.39, 0.29) is 0 Å². The molecule has 0 spiro atoms. The molecule has 0 amide bonds. The molecule has 3 rings (SSSR count). The maximum Gasteiger partial charge on any atom is 0.0762 e. The van der Waals surface area contributed by atoms with Gasteiger partial charge in [-0.2, -0.15) is 0 Å². The summed E-state index contributed by atoms with van der Waals surface area (Å²) in [7, 11) is 0. The van der Waals surface area contributed by atoms with Crippen molar-refractivity contribution in [2.45, 2.75) is 38.1 Å². The van der Waals surface area contributed by atoms with Gasteiger partial charge in [-0.25, -0.2) is 0 Å². The van der Waals surface area contributed by atoms with Gasteiger partial charge in [0.2, 0.25) is 0 Å². The Hall–Kier alpha value is -0.580. The Bertz CT molecular complexity index is 437. The van der Waals surface area contributed by atoms with E-state index in [4.69, 9.17) is 4.74 Å². The molecular weight excluding hydrogens is 294 g/mol. The molecule has 2 heterocycles. The predicted octanol–water partition coefficient (Wildman–Crippen LogP) is 2.87. The van der Waals surface area contributed by atoms with Crippen molar-refractivity contribution in [2.75, 3.05) is 18.0 Å². The van der Waals surface area contributed by atoms with Crippen molar-refractivity contribution < 1.29 is 9.84 Å². The summed E-state index contributed by atoms with van der Waals surface area (Å²) >= 11 is 3.62. The molecule has 3 nitrogen and oxygen atoms in total. The van der Waals surface area contributed by atoms with Crippen LogP contribution in [0.1, 0.15) is 31.4 Å². The van der Waals surface area contributed by atoms with Gasteiger partial charge in [-0.15, -0.1) is 0 Å². The lowest BCUT2D eigenvalue weighted by Gasteiger charge is -2.34. The number of aliphatic hydroxyl groups excluding tert-OH is 1. The molecular formula is C14H18BrNO2. The standard InChI is InChI=1S/C14H18BrNO2/c1-9(17)10-2-5-14(13(15)6-10)16-7-11-3-4-12(8-16)18-11/h2,5-6,9,11-12,17H,3-4,7-8H2,1H3/t9-,11?,12?/m0/s1. The molecule has 0 aromatic heterocycles. The van der Waals surface area contributed by atoms with Crippen LogP contribution >= 0.6 is 15.9 Å². The van der Waals surface area contributed by atoms with Crippen LogP contribution in [-0.2, 0) is 4.74 Å². The van der Waals surface area contributed by atoms with Crippen LogP contribution in [-0.4, -0.2) is 30.4 Å². The lowest BCUT2D eigenvalue weighted by atomic mass is 10.1. The summed E-state index contributed by atoms with van der Waals surface area (Å²) in [5, 5.41) is 9.59. The van der Waals surface area contributed by atoms with Crippen LogP contribution in [0.3, 0.4) is 0 Å². The van der Waals surface area contributed by atoms with Crippen LogP contribution in [0.15, 0.2) is 22.7 Å². The summed E-state index contributed by atoms with van der Waals surface area (Å²) < 4.78 is 6.91. The predicted molar refractivity (Wildman–Crippen MR) is 74.9 cm³/mol. The number of rotatable bonds is 2. The first-order valence-electron chi connectivity index (χ1n) is 6.51. The van der Waals surface area contributed by atoms with Gasteiger partial charge in [0.25, 0.3) is 0 Å². The molecule has 2 aliphatic heterocycles. The van der Waals surface area contributed by atoms with Crippen LogP contribution in [0.2, 0.25) is 0 Å². The number of hydrogen-bond donors (Lipinski definition) is 1. The highest BCUT2D eigenvalue weighted by atomic mass is 79.9. The van der Waals surface area contributed by atoms with E-state index in [9.17, 15) is 5.11 Å². The van der Waals surface area contributed by atoms with Gasteiger partial charge >= 0.3 is 0 Å². The number of anilines is 1. The highest BCUT2D eigenvalue weighted by Gasteiger charge is 2.34. The summed E-state index contributed by atoms with van der Waals surface area (Å²) in [4.78, 5) is 2.39. The number of benzene rings is 1. The Labute approximate surface area is 116 Å². The van der Waals surface area contributed by atoms with E-state index in [2.05, 4.69) is 26.9 Å². The molecule has 1 N–H and O–H groups in total. The van der Waals surface area contributed by atoms with Crippen molar-refractivity contribution >= 4 is 21.6 Å². The molecule has 2 bridgehead atoms. The van der Waals surface area contributed by atoms with E-state index in [1.165, 1.54) is 18.5 Å². The fourth-order valence-electron chi connectivity index (χ4n) is 2.85. The van der Waals surface area contributed by atoms with Gasteiger partial charge in [0.05, 0.1) is 24.0 Å². The molecule has 18 heavy (non-hydrogen) atoms. The third-order valence-electron chi connectivity index (χ3n) is 3.84. The number of fused-ring (bicyclic) bond motifs is 2. The second kappa shape index (κ2) is 4.83. The van der Waals surface area contributed by atoms with E-state index in [1.54, 1.807) is 6.92 Å². The van der Waals surface area contributed by atoms with Crippen molar-refractivity contribution in [3.8, 4) is 0 Å². The minimum absolute atomic E-state index is 0.395. The molecule has 4 heteroatoms. The average Bonchev–Trinajstić information content (AvgIpc) is 2.68. The molecule has 98 valence electrons. The largest absolute Gasteiger partial charge is 0.389 e. The molecule has 0 saturated carbocycles. The van der Waals surface area contributed by atoms with Crippen LogP contribution in [0.5, 0.6) is 0 Å². The minimum Gasteiger partial charge on any atom is -0.389 e. The normalized spacial score (nSPS) is 28.5. The third-order valence-corrected chi connectivity index (χ3v) is 4.47. The van der Waals surface area contributed by atoms with E-state index >= 15 is 0 Å². The van der Waals surface area contributed by atoms with Crippen molar-refractivity contribution in [2.24, 2.45) is 0 Å². The number of nitrogens with zero attached hydrogens (tertiary/aromatic N) is 1. The highest BCUT2D eigenvalue weighted by molar-refractivity contribution is 9.10. The Morgan fingerprint density at radius 1 is 1.33 bits per heavy atom. The fourth-order valence-corrected chi connectivity index (χ4v) is 3.50. The summed E-state index contributed by atoms with van der Waals surface area (Å²) in [5.41, 5.74) is 2.15. The zero-order valence-corrected chi connectivity index (χ0v) is 12.1. The summed E-state index contributed by atoms with van der Waals surface area (Å²) in [5.74, 6) is 0. The Morgan fingerprint density at radius 3 is 2.56 bits per heavy atom. The van der Waals surface area contributed by atoms with Gasteiger partial charge in [0.1, 0.15) is 0 Å². The van der Waals surface area contributed by atoms with Crippen LogP contribution in [0, 0.1) is 0 Å². The molecule has 2 aliphatic rings. The second-order valence-corrected chi connectivity index (χ2v) is 6.10. The Balaban J connectivity index is 1.84. The zero-order valence-electron chi connectivity index (χ0n) is 10.5. The van der Waals surface area contributed by atoms with E-state index in [1.807, 2.05) is 12.1 Å². The van der Waals surface area contributed by atoms with Crippen LogP contribution in [0.4, 0.5) is 5.69 Å². The first-order chi connectivity index (χ1) is 8.63. The van der Waals surface area contributed by atoms with Crippen LogP contribution < -0.4 is 4.90 Å². The molecule has 2 unspecified atom stereocenters. The fraction of sp³-hybridized carbons (Fsp3) is 0.571. The van der Waals surface area contributed by atoms with E-state index < -0.39 is 6.10 Å². The van der Waals surface area contributed by atoms with Gasteiger partial charge < -0.3 is 14.7 Å². The Morgan fingerprint density at radius 2 is 2.00 bits per heavy atom. The maximum absolute atomic E-state index is 9.59. The summed E-state index contributed by atoms with van der Waals surface area (Å²) in [6.07, 6.45) is 2.74. The smallest absolute Gasteiger partial charge is 0.0762 e. The number of aliphatic hydroxyl groups is 1. The lowest BCUT2D eigenvalue weighted by molar-refractivity contribution is 0.0304. The van der Waals surface area contributed by atoms with Gasteiger partial charge in [-0.1, -0.05) is 6.07 Å². The van der Waals surface area contributed by atoms with Gasteiger partial charge in [0.15, 0.2) is 0 Å². The van der Waals surface area contributed by atoms with Gasteiger partial charge in [-0.05, 0) is 53.4 Å². The topological polar surface area (TPSA) is 32.7 Å². The van der Waals surface area contributed by atoms with Gasteiger partial charge in [-0.3, -0.25) is 0 Å². The molecule has 2 saturated heterocycles. The maximum atomic E-state index is 9.59. The van der Waals surface area contributed by atoms with Crippen molar-refractivity contribution in [3.05, 3.63) is 28.2 Å². The second-order valence-electron chi connectivity index (χ2n) is 5.25. The first kappa shape index (κ1) is 12.5.